The summed E-state index contributed by atoms with van der Waals surface area (Å²) in [5.41, 5.74) is 2.34. The van der Waals surface area contributed by atoms with Crippen LogP contribution in [0.15, 0.2) is 60.9 Å². The molecule has 0 spiro atoms. The number of halogens is 1. The van der Waals surface area contributed by atoms with Crippen LogP contribution < -0.4 is 4.74 Å². The maximum Gasteiger partial charge on any atom is 0.336 e. The van der Waals surface area contributed by atoms with Gasteiger partial charge in [0.15, 0.2) is 5.82 Å². The Morgan fingerprint density at radius 2 is 1.76 bits per heavy atom. The Morgan fingerprint density at radius 1 is 1.03 bits per heavy atom. The van der Waals surface area contributed by atoms with Gasteiger partial charge in [-0.25, -0.2) is 24.1 Å². The predicted octanol–water partition coefficient (Wildman–Crippen LogP) is 4.59. The fourth-order valence-electron chi connectivity index (χ4n) is 3.01. The summed E-state index contributed by atoms with van der Waals surface area (Å²) in [7, 11) is 0. The lowest BCUT2D eigenvalue weighted by Gasteiger charge is -2.08. The molecule has 0 amide bonds. The van der Waals surface area contributed by atoms with Gasteiger partial charge in [-0.2, -0.15) is 0 Å². The Balaban J connectivity index is 1.71. The van der Waals surface area contributed by atoms with Crippen LogP contribution in [0.5, 0.6) is 5.75 Å². The molecule has 0 radical (unpaired) electrons. The van der Waals surface area contributed by atoms with Gasteiger partial charge >= 0.3 is 5.97 Å². The summed E-state index contributed by atoms with van der Waals surface area (Å²) in [6.45, 7) is 2.52. The molecule has 0 unspecified atom stereocenters. The minimum atomic E-state index is -1.17. The topological polar surface area (TPSA) is 85.2 Å². The van der Waals surface area contributed by atoms with Crippen molar-refractivity contribution in [1.29, 1.82) is 0 Å². The maximum atomic E-state index is 13.5. The van der Waals surface area contributed by atoms with Crippen LogP contribution in [0.25, 0.3) is 33.5 Å². The molecule has 7 heteroatoms. The van der Waals surface area contributed by atoms with E-state index in [1.807, 2.05) is 31.2 Å². The molecule has 29 heavy (non-hydrogen) atoms. The van der Waals surface area contributed by atoms with Gasteiger partial charge < -0.3 is 9.84 Å². The molecular weight excluding hydrogens is 373 g/mol. The molecule has 0 saturated carbocycles. The van der Waals surface area contributed by atoms with Crippen LogP contribution in [-0.4, -0.2) is 32.6 Å². The quantitative estimate of drug-likeness (QED) is 0.537. The lowest BCUT2D eigenvalue weighted by atomic mass is 10.1. The van der Waals surface area contributed by atoms with Gasteiger partial charge in [0.2, 0.25) is 0 Å². The smallest absolute Gasteiger partial charge is 0.336 e. The lowest BCUT2D eigenvalue weighted by molar-refractivity contribution is 0.0699. The molecule has 4 rings (SSSR count). The summed E-state index contributed by atoms with van der Waals surface area (Å²) in [5.74, 6) is -0.624. The number of carbonyl (C=O) groups is 1. The highest BCUT2D eigenvalue weighted by Gasteiger charge is 2.15. The Bertz CT molecular complexity index is 1190. The zero-order chi connectivity index (χ0) is 20.4. The number of carboxylic acid groups (broad SMARTS) is 1. The first-order chi connectivity index (χ1) is 14.0. The van der Waals surface area contributed by atoms with Crippen molar-refractivity contribution in [3.63, 3.8) is 0 Å². The van der Waals surface area contributed by atoms with Crippen molar-refractivity contribution in [2.45, 2.75) is 6.92 Å². The second-order valence-electron chi connectivity index (χ2n) is 6.27. The number of carboxylic acids is 1. The van der Waals surface area contributed by atoms with E-state index in [-0.39, 0.29) is 16.8 Å². The molecule has 0 atom stereocenters. The Morgan fingerprint density at radius 3 is 2.41 bits per heavy atom. The van der Waals surface area contributed by atoms with Crippen molar-refractivity contribution < 1.29 is 19.0 Å². The SMILES string of the molecule is CCOc1ccc(-c2cnc(-c3cc(C(=O)O)c4cc(F)ccc4n3)nc2)cc1. The highest BCUT2D eigenvalue weighted by atomic mass is 19.1. The van der Waals surface area contributed by atoms with E-state index < -0.39 is 11.8 Å². The molecular formula is C22H16FN3O3. The Labute approximate surface area is 165 Å². The highest BCUT2D eigenvalue weighted by Crippen LogP contribution is 2.26. The van der Waals surface area contributed by atoms with E-state index in [9.17, 15) is 14.3 Å². The van der Waals surface area contributed by atoms with Gasteiger partial charge in [-0.05, 0) is 48.9 Å². The summed E-state index contributed by atoms with van der Waals surface area (Å²) in [5, 5.41) is 9.73. The molecule has 0 fully saturated rings. The van der Waals surface area contributed by atoms with Crippen LogP contribution in [-0.2, 0) is 0 Å². The first kappa shape index (κ1) is 18.5. The average Bonchev–Trinajstić information content (AvgIpc) is 2.74. The molecule has 144 valence electrons. The largest absolute Gasteiger partial charge is 0.494 e. The lowest BCUT2D eigenvalue weighted by Crippen LogP contribution is -2.02. The number of benzene rings is 2. The van der Waals surface area contributed by atoms with E-state index >= 15 is 0 Å². The van der Waals surface area contributed by atoms with Gasteiger partial charge in [0.05, 0.1) is 17.7 Å². The summed E-state index contributed by atoms with van der Waals surface area (Å²) in [6.07, 6.45) is 3.30. The zero-order valence-corrected chi connectivity index (χ0v) is 15.5. The number of nitrogens with zero attached hydrogens (tertiary/aromatic N) is 3. The third kappa shape index (κ3) is 3.75. The number of pyridine rings is 1. The number of ether oxygens (including phenoxy) is 1. The van der Waals surface area contributed by atoms with Crippen LogP contribution in [0, 0.1) is 5.82 Å². The van der Waals surface area contributed by atoms with Crippen molar-refractivity contribution in [1.82, 2.24) is 15.0 Å². The van der Waals surface area contributed by atoms with E-state index in [2.05, 4.69) is 15.0 Å². The number of aromatic nitrogens is 3. The normalized spacial score (nSPS) is 10.8. The second-order valence-corrected chi connectivity index (χ2v) is 6.27. The van der Waals surface area contributed by atoms with Gasteiger partial charge in [-0.1, -0.05) is 12.1 Å². The fourth-order valence-corrected chi connectivity index (χ4v) is 3.01. The fraction of sp³-hybridized carbons (Fsp3) is 0.0909. The van der Waals surface area contributed by atoms with E-state index in [1.54, 1.807) is 12.4 Å². The molecule has 2 aromatic carbocycles. The Kier molecular flexibility index (Phi) is 4.87. The highest BCUT2D eigenvalue weighted by molar-refractivity contribution is 6.03. The van der Waals surface area contributed by atoms with Crippen molar-refractivity contribution in [2.75, 3.05) is 6.61 Å². The van der Waals surface area contributed by atoms with Crippen LogP contribution in [0.4, 0.5) is 4.39 Å². The Hall–Kier alpha value is -3.87. The molecule has 0 saturated heterocycles. The maximum absolute atomic E-state index is 13.5. The van der Waals surface area contributed by atoms with Crippen molar-refractivity contribution in [3.8, 4) is 28.4 Å². The third-order valence-corrected chi connectivity index (χ3v) is 4.38. The first-order valence-corrected chi connectivity index (χ1v) is 8.94. The second kappa shape index (κ2) is 7.63. The number of rotatable bonds is 5. The molecule has 0 bridgehead atoms. The van der Waals surface area contributed by atoms with Crippen LogP contribution in [0.1, 0.15) is 17.3 Å². The average molecular weight is 389 g/mol. The summed E-state index contributed by atoms with van der Waals surface area (Å²) >= 11 is 0. The molecule has 0 aliphatic heterocycles. The van der Waals surface area contributed by atoms with Crippen molar-refractivity contribution in [2.24, 2.45) is 0 Å². The van der Waals surface area contributed by atoms with Crippen LogP contribution >= 0.6 is 0 Å². The van der Waals surface area contributed by atoms with Crippen LogP contribution in [0.2, 0.25) is 0 Å². The monoisotopic (exact) mass is 389 g/mol. The number of fused-ring (bicyclic) bond motifs is 1. The number of hydrogen-bond acceptors (Lipinski definition) is 5. The summed E-state index contributed by atoms with van der Waals surface area (Å²) in [4.78, 5) is 24.7. The number of hydrogen-bond donors (Lipinski definition) is 1. The van der Waals surface area contributed by atoms with Gasteiger partial charge in [0.25, 0.3) is 0 Å². The number of aromatic carboxylic acids is 1. The van der Waals surface area contributed by atoms with E-state index in [0.29, 0.717) is 17.8 Å². The molecule has 6 nitrogen and oxygen atoms in total. The van der Waals surface area contributed by atoms with E-state index in [4.69, 9.17) is 4.74 Å². The minimum Gasteiger partial charge on any atom is -0.494 e. The molecule has 1 N–H and O–H groups in total. The van der Waals surface area contributed by atoms with E-state index in [0.717, 1.165) is 22.9 Å². The van der Waals surface area contributed by atoms with Gasteiger partial charge in [0.1, 0.15) is 17.3 Å². The molecule has 4 aromatic rings. The minimum absolute atomic E-state index is 0.0521. The van der Waals surface area contributed by atoms with Gasteiger partial charge in [-0.3, -0.25) is 0 Å². The molecule has 2 aromatic heterocycles. The molecule has 0 aliphatic rings. The zero-order valence-electron chi connectivity index (χ0n) is 15.5. The molecule has 0 aliphatic carbocycles. The standard InChI is InChI=1S/C22H16FN3O3/c1-2-29-16-6-3-13(4-7-16)14-11-24-21(25-12-14)20-10-18(22(27)28)17-9-15(23)5-8-19(17)26-20/h3-12H,2H2,1H3,(H,27,28). The molecule has 2 heterocycles. The predicted molar refractivity (Wildman–Crippen MR) is 106 cm³/mol. The van der Waals surface area contributed by atoms with Crippen LogP contribution in [0.3, 0.4) is 0 Å². The van der Waals surface area contributed by atoms with Crippen molar-refractivity contribution in [3.05, 3.63) is 72.3 Å². The summed E-state index contributed by atoms with van der Waals surface area (Å²) < 4.78 is 19.0. The van der Waals surface area contributed by atoms with Crippen molar-refractivity contribution >= 4 is 16.9 Å². The van der Waals surface area contributed by atoms with Gasteiger partial charge in [-0.15, -0.1) is 0 Å². The van der Waals surface area contributed by atoms with E-state index in [1.165, 1.54) is 18.2 Å². The first-order valence-electron chi connectivity index (χ1n) is 8.94. The third-order valence-electron chi connectivity index (χ3n) is 4.38. The summed E-state index contributed by atoms with van der Waals surface area (Å²) in [6, 6.07) is 12.8. The van der Waals surface area contributed by atoms with Gasteiger partial charge in [0, 0.05) is 23.3 Å².